The number of amides is 1. The van der Waals surface area contributed by atoms with Gasteiger partial charge in [-0.15, -0.1) is 0 Å². The normalized spacial score (nSPS) is 14.4. The van der Waals surface area contributed by atoms with Crippen molar-refractivity contribution in [3.05, 3.63) is 108 Å². The lowest BCUT2D eigenvalue weighted by Crippen LogP contribution is -2.48. The molecule has 1 aliphatic rings. The minimum Gasteiger partial charge on any atom is -0.336 e. The van der Waals surface area contributed by atoms with E-state index in [0.29, 0.717) is 5.56 Å². The van der Waals surface area contributed by atoms with E-state index in [1.165, 1.54) is 11.1 Å². The lowest BCUT2D eigenvalue weighted by molar-refractivity contribution is 0.0629. The number of rotatable bonds is 5. The van der Waals surface area contributed by atoms with Gasteiger partial charge in [-0.1, -0.05) is 78.4 Å². The Labute approximate surface area is 194 Å². The average molecular weight is 437 g/mol. The Morgan fingerprint density at radius 2 is 1.55 bits per heavy atom. The quantitative estimate of drug-likeness (QED) is 0.451. The van der Waals surface area contributed by atoms with Crippen molar-refractivity contribution in [1.29, 1.82) is 0 Å². The maximum atomic E-state index is 13.6. The average Bonchev–Trinajstić information content (AvgIpc) is 3.31. The number of hydrogen-bond acceptors (Lipinski definition) is 3. The summed E-state index contributed by atoms with van der Waals surface area (Å²) in [6.07, 6.45) is 1.87. The second-order valence-electron chi connectivity index (χ2n) is 8.59. The van der Waals surface area contributed by atoms with Crippen molar-refractivity contribution in [2.75, 3.05) is 26.2 Å². The van der Waals surface area contributed by atoms with Crippen LogP contribution in [0.1, 0.15) is 21.5 Å². The zero-order valence-electron chi connectivity index (χ0n) is 18.9. The number of aromatic nitrogens is 2. The summed E-state index contributed by atoms with van der Waals surface area (Å²) >= 11 is 0. The molecular weight excluding hydrogens is 408 g/mol. The lowest BCUT2D eigenvalue weighted by Gasteiger charge is -2.34. The van der Waals surface area contributed by atoms with Crippen LogP contribution in [0.25, 0.3) is 16.9 Å². The topological polar surface area (TPSA) is 41.4 Å². The van der Waals surface area contributed by atoms with E-state index in [1.54, 1.807) is 0 Å². The van der Waals surface area contributed by atoms with E-state index >= 15 is 0 Å². The molecular formula is C28H28N4O. The van der Waals surface area contributed by atoms with Crippen LogP contribution in [0.2, 0.25) is 0 Å². The predicted octanol–water partition coefficient (Wildman–Crippen LogP) is 4.81. The van der Waals surface area contributed by atoms with Crippen LogP contribution in [0.5, 0.6) is 0 Å². The van der Waals surface area contributed by atoms with Gasteiger partial charge in [0.05, 0.1) is 11.3 Å². The minimum atomic E-state index is 0.0474. The van der Waals surface area contributed by atoms with Crippen molar-refractivity contribution in [2.45, 2.75) is 13.5 Å². The molecule has 5 heteroatoms. The smallest absolute Gasteiger partial charge is 0.257 e. The summed E-state index contributed by atoms with van der Waals surface area (Å²) < 4.78 is 1.81. The fourth-order valence-electron chi connectivity index (χ4n) is 4.40. The molecule has 0 unspecified atom stereocenters. The highest BCUT2D eigenvalue weighted by molar-refractivity contribution is 6.00. The van der Waals surface area contributed by atoms with E-state index in [9.17, 15) is 4.79 Å². The van der Waals surface area contributed by atoms with Crippen molar-refractivity contribution in [2.24, 2.45) is 0 Å². The Bertz CT molecular complexity index is 1230. The number of aryl methyl sites for hydroxylation is 1. The first-order valence-electron chi connectivity index (χ1n) is 11.4. The Balaban J connectivity index is 1.35. The Morgan fingerprint density at radius 3 is 2.24 bits per heavy atom. The standard InChI is InChI=1S/C28H28N4O/c1-22-9-8-10-23(19-22)20-30-15-17-31(18-16-30)28(33)26-21-32(25-13-6-3-7-14-25)29-27(26)24-11-4-2-5-12-24/h2-14,19,21H,15-18,20H2,1H3. The number of piperazine rings is 1. The molecule has 166 valence electrons. The van der Waals surface area contributed by atoms with E-state index in [2.05, 4.69) is 36.1 Å². The van der Waals surface area contributed by atoms with Crippen LogP contribution in [0.4, 0.5) is 0 Å². The molecule has 1 aromatic heterocycles. The molecule has 5 rings (SSSR count). The minimum absolute atomic E-state index is 0.0474. The van der Waals surface area contributed by atoms with Gasteiger partial charge >= 0.3 is 0 Å². The number of para-hydroxylation sites is 1. The SMILES string of the molecule is Cc1cccc(CN2CCN(C(=O)c3cn(-c4ccccc4)nc3-c3ccccc3)CC2)c1. The number of carbonyl (C=O) groups is 1. The number of nitrogens with zero attached hydrogens (tertiary/aromatic N) is 4. The van der Waals surface area contributed by atoms with Crippen LogP contribution in [0.15, 0.2) is 91.1 Å². The molecule has 0 radical (unpaired) electrons. The van der Waals surface area contributed by atoms with Gasteiger partial charge in [-0.25, -0.2) is 4.68 Å². The molecule has 3 aromatic carbocycles. The van der Waals surface area contributed by atoms with E-state index in [-0.39, 0.29) is 5.91 Å². The van der Waals surface area contributed by atoms with Crippen molar-refractivity contribution >= 4 is 5.91 Å². The van der Waals surface area contributed by atoms with Crippen LogP contribution >= 0.6 is 0 Å². The Kier molecular flexibility index (Phi) is 6.05. The fourth-order valence-corrected chi connectivity index (χ4v) is 4.40. The summed E-state index contributed by atoms with van der Waals surface area (Å²) in [5.41, 5.74) is 5.88. The second kappa shape index (κ2) is 9.43. The molecule has 5 nitrogen and oxygen atoms in total. The highest BCUT2D eigenvalue weighted by Gasteiger charge is 2.26. The first-order chi connectivity index (χ1) is 16.2. The summed E-state index contributed by atoms with van der Waals surface area (Å²) in [4.78, 5) is 18.0. The number of carbonyl (C=O) groups excluding carboxylic acids is 1. The molecule has 0 spiro atoms. The maximum Gasteiger partial charge on any atom is 0.257 e. The molecule has 1 aliphatic heterocycles. The van der Waals surface area contributed by atoms with Crippen LogP contribution < -0.4 is 0 Å². The molecule has 33 heavy (non-hydrogen) atoms. The van der Waals surface area contributed by atoms with Gasteiger partial charge in [0.15, 0.2) is 0 Å². The number of hydrogen-bond donors (Lipinski definition) is 0. The first-order valence-corrected chi connectivity index (χ1v) is 11.4. The summed E-state index contributed by atoms with van der Waals surface area (Å²) in [5, 5.41) is 4.80. The summed E-state index contributed by atoms with van der Waals surface area (Å²) in [5.74, 6) is 0.0474. The zero-order chi connectivity index (χ0) is 22.6. The number of benzene rings is 3. The summed E-state index contributed by atoms with van der Waals surface area (Å²) in [6, 6.07) is 28.5. The molecule has 1 amide bonds. The highest BCUT2D eigenvalue weighted by Crippen LogP contribution is 2.25. The Morgan fingerprint density at radius 1 is 0.848 bits per heavy atom. The van der Waals surface area contributed by atoms with Gasteiger partial charge in [0.25, 0.3) is 5.91 Å². The van der Waals surface area contributed by atoms with Gasteiger partial charge in [-0.3, -0.25) is 9.69 Å². The molecule has 4 aromatic rings. The molecule has 0 aliphatic carbocycles. The van der Waals surface area contributed by atoms with Crippen LogP contribution in [-0.4, -0.2) is 51.7 Å². The van der Waals surface area contributed by atoms with Crippen LogP contribution in [0, 0.1) is 6.92 Å². The van der Waals surface area contributed by atoms with E-state index < -0.39 is 0 Å². The predicted molar refractivity (Wildman–Crippen MR) is 131 cm³/mol. The van der Waals surface area contributed by atoms with E-state index in [4.69, 9.17) is 5.10 Å². The van der Waals surface area contributed by atoms with Crippen molar-refractivity contribution in [1.82, 2.24) is 19.6 Å². The largest absolute Gasteiger partial charge is 0.336 e. The molecule has 1 saturated heterocycles. The first kappa shape index (κ1) is 21.2. The van der Waals surface area contributed by atoms with Gasteiger partial charge in [0.1, 0.15) is 5.69 Å². The van der Waals surface area contributed by atoms with Crippen molar-refractivity contribution in [3.63, 3.8) is 0 Å². The van der Waals surface area contributed by atoms with Crippen LogP contribution in [0.3, 0.4) is 0 Å². The maximum absolute atomic E-state index is 13.6. The second-order valence-corrected chi connectivity index (χ2v) is 8.59. The van der Waals surface area contributed by atoms with E-state index in [0.717, 1.165) is 49.7 Å². The molecule has 0 atom stereocenters. The van der Waals surface area contributed by atoms with Gasteiger partial charge in [-0.2, -0.15) is 5.10 Å². The van der Waals surface area contributed by atoms with Gasteiger partial charge in [0.2, 0.25) is 0 Å². The summed E-state index contributed by atoms with van der Waals surface area (Å²) in [6.45, 7) is 6.22. The van der Waals surface area contributed by atoms with Gasteiger partial charge in [-0.05, 0) is 24.6 Å². The molecule has 0 saturated carbocycles. The third-order valence-corrected chi connectivity index (χ3v) is 6.16. The van der Waals surface area contributed by atoms with Crippen molar-refractivity contribution < 1.29 is 4.79 Å². The van der Waals surface area contributed by atoms with Gasteiger partial charge in [0, 0.05) is 44.5 Å². The van der Waals surface area contributed by atoms with Gasteiger partial charge < -0.3 is 4.90 Å². The zero-order valence-corrected chi connectivity index (χ0v) is 18.9. The molecule has 1 fully saturated rings. The summed E-state index contributed by atoms with van der Waals surface area (Å²) in [7, 11) is 0. The third-order valence-electron chi connectivity index (χ3n) is 6.16. The van der Waals surface area contributed by atoms with Crippen molar-refractivity contribution in [3.8, 4) is 16.9 Å². The van der Waals surface area contributed by atoms with E-state index in [1.807, 2.05) is 76.4 Å². The lowest BCUT2D eigenvalue weighted by atomic mass is 10.1. The monoisotopic (exact) mass is 436 g/mol. The Hall–Kier alpha value is -3.70. The van der Waals surface area contributed by atoms with Crippen LogP contribution in [-0.2, 0) is 6.54 Å². The molecule has 0 bridgehead atoms. The third kappa shape index (κ3) is 4.73. The highest BCUT2D eigenvalue weighted by atomic mass is 16.2. The molecule has 2 heterocycles. The molecule has 0 N–H and O–H groups in total. The fraction of sp³-hybridized carbons (Fsp3) is 0.214.